The molecule has 1 aliphatic carbocycles. The van der Waals surface area contributed by atoms with Crippen LogP contribution in [-0.2, 0) is 4.79 Å². The number of thioether (sulfide) groups is 1. The van der Waals surface area contributed by atoms with Gasteiger partial charge in [-0.1, -0.05) is 0 Å². The first-order valence-corrected chi connectivity index (χ1v) is 6.13. The lowest BCUT2D eigenvalue weighted by molar-refractivity contribution is -0.113. The molecule has 15 heavy (non-hydrogen) atoms. The van der Waals surface area contributed by atoms with E-state index in [0.29, 0.717) is 11.8 Å². The standard InChI is InChI=1S/C11H12N2OS/c14-11-6-15-10-4-3-8(5-9(10)13-11)12-7-1-2-7/h3-5,7,12H,1-2,6H2,(H,13,14). The summed E-state index contributed by atoms with van der Waals surface area (Å²) in [5.41, 5.74) is 2.06. The lowest BCUT2D eigenvalue weighted by atomic mass is 10.2. The minimum Gasteiger partial charge on any atom is -0.382 e. The predicted molar refractivity (Wildman–Crippen MR) is 62.4 cm³/mol. The Morgan fingerprint density at radius 3 is 3.07 bits per heavy atom. The highest BCUT2D eigenvalue weighted by Gasteiger charge is 2.22. The third kappa shape index (κ3) is 1.95. The fourth-order valence-corrected chi connectivity index (χ4v) is 2.42. The van der Waals surface area contributed by atoms with Crippen molar-refractivity contribution in [1.29, 1.82) is 0 Å². The molecule has 1 aliphatic heterocycles. The van der Waals surface area contributed by atoms with Crippen molar-refractivity contribution in [2.45, 2.75) is 23.8 Å². The number of anilines is 2. The van der Waals surface area contributed by atoms with Crippen LogP contribution < -0.4 is 10.6 Å². The van der Waals surface area contributed by atoms with Gasteiger partial charge < -0.3 is 10.6 Å². The van der Waals surface area contributed by atoms with Crippen LogP contribution >= 0.6 is 11.8 Å². The lowest BCUT2D eigenvalue weighted by Gasteiger charge is -2.17. The van der Waals surface area contributed by atoms with Crippen molar-refractivity contribution in [3.05, 3.63) is 18.2 Å². The molecule has 2 aliphatic rings. The highest BCUT2D eigenvalue weighted by Crippen LogP contribution is 2.34. The van der Waals surface area contributed by atoms with Gasteiger partial charge >= 0.3 is 0 Å². The number of amides is 1. The molecule has 78 valence electrons. The predicted octanol–water partition coefficient (Wildman–Crippen LogP) is 2.31. The molecule has 0 saturated heterocycles. The Kier molecular flexibility index (Phi) is 2.09. The van der Waals surface area contributed by atoms with Gasteiger partial charge in [-0.3, -0.25) is 4.79 Å². The van der Waals surface area contributed by atoms with Gasteiger partial charge in [-0.25, -0.2) is 0 Å². The summed E-state index contributed by atoms with van der Waals surface area (Å²) < 4.78 is 0. The van der Waals surface area contributed by atoms with Crippen molar-refractivity contribution in [2.24, 2.45) is 0 Å². The van der Waals surface area contributed by atoms with E-state index < -0.39 is 0 Å². The molecule has 1 heterocycles. The lowest BCUT2D eigenvalue weighted by Crippen LogP contribution is -2.18. The molecular weight excluding hydrogens is 208 g/mol. The molecule has 0 radical (unpaired) electrons. The second kappa shape index (κ2) is 3.45. The van der Waals surface area contributed by atoms with Crippen LogP contribution in [0.25, 0.3) is 0 Å². The summed E-state index contributed by atoms with van der Waals surface area (Å²) in [4.78, 5) is 12.4. The zero-order chi connectivity index (χ0) is 10.3. The second-order valence-electron chi connectivity index (χ2n) is 3.97. The Morgan fingerprint density at radius 1 is 1.40 bits per heavy atom. The maximum Gasteiger partial charge on any atom is 0.234 e. The highest BCUT2D eigenvalue weighted by molar-refractivity contribution is 8.00. The molecule has 0 unspecified atom stereocenters. The number of nitrogens with one attached hydrogen (secondary N) is 2. The molecule has 0 bridgehead atoms. The summed E-state index contributed by atoms with van der Waals surface area (Å²) in [7, 11) is 0. The van der Waals surface area contributed by atoms with E-state index in [9.17, 15) is 4.79 Å². The monoisotopic (exact) mass is 220 g/mol. The van der Waals surface area contributed by atoms with Crippen molar-refractivity contribution >= 4 is 29.0 Å². The summed E-state index contributed by atoms with van der Waals surface area (Å²) in [6, 6.07) is 6.83. The number of benzene rings is 1. The number of hydrogen-bond donors (Lipinski definition) is 2. The SMILES string of the molecule is O=C1CSc2ccc(NC3CC3)cc2N1. The van der Waals surface area contributed by atoms with Gasteiger partial charge in [0.05, 0.1) is 11.4 Å². The minimum atomic E-state index is 0.0936. The Bertz CT molecular complexity index is 415. The molecule has 4 heteroatoms. The minimum absolute atomic E-state index is 0.0936. The number of carbonyl (C=O) groups excluding carboxylic acids is 1. The van der Waals surface area contributed by atoms with E-state index in [1.54, 1.807) is 11.8 Å². The topological polar surface area (TPSA) is 41.1 Å². The summed E-state index contributed by atoms with van der Waals surface area (Å²) >= 11 is 1.60. The van der Waals surface area contributed by atoms with Crippen LogP contribution in [0.15, 0.2) is 23.1 Å². The van der Waals surface area contributed by atoms with Gasteiger partial charge in [0.2, 0.25) is 5.91 Å². The quantitative estimate of drug-likeness (QED) is 0.803. The molecule has 0 spiro atoms. The number of rotatable bonds is 2. The molecule has 2 N–H and O–H groups in total. The molecule has 3 nitrogen and oxygen atoms in total. The van der Waals surface area contributed by atoms with Crippen LogP contribution in [0.2, 0.25) is 0 Å². The Labute approximate surface area is 92.6 Å². The fraction of sp³-hybridized carbons (Fsp3) is 0.364. The van der Waals surface area contributed by atoms with E-state index in [1.807, 2.05) is 6.07 Å². The third-order valence-electron chi connectivity index (χ3n) is 2.56. The summed E-state index contributed by atoms with van der Waals surface area (Å²) in [5.74, 6) is 0.624. The summed E-state index contributed by atoms with van der Waals surface area (Å²) in [5, 5.41) is 6.31. The molecule has 1 saturated carbocycles. The number of hydrogen-bond acceptors (Lipinski definition) is 3. The van der Waals surface area contributed by atoms with Gasteiger partial charge in [-0.05, 0) is 31.0 Å². The first-order chi connectivity index (χ1) is 7.31. The maximum absolute atomic E-state index is 11.2. The second-order valence-corrected chi connectivity index (χ2v) is 4.98. The van der Waals surface area contributed by atoms with Gasteiger partial charge in [0, 0.05) is 16.6 Å². The highest BCUT2D eigenvalue weighted by atomic mass is 32.2. The summed E-state index contributed by atoms with van der Waals surface area (Å²) in [6.07, 6.45) is 2.52. The van der Waals surface area contributed by atoms with Crippen molar-refractivity contribution < 1.29 is 4.79 Å². The Balaban J connectivity index is 1.86. The van der Waals surface area contributed by atoms with Gasteiger partial charge in [-0.15, -0.1) is 11.8 Å². The average Bonchev–Trinajstić information content (AvgIpc) is 3.01. The molecule has 3 rings (SSSR count). The van der Waals surface area contributed by atoms with Crippen molar-refractivity contribution in [3.63, 3.8) is 0 Å². The molecule has 1 aromatic carbocycles. The van der Waals surface area contributed by atoms with Crippen LogP contribution in [0.3, 0.4) is 0 Å². The van der Waals surface area contributed by atoms with E-state index in [0.717, 1.165) is 16.3 Å². The average molecular weight is 220 g/mol. The number of carbonyl (C=O) groups is 1. The van der Waals surface area contributed by atoms with Crippen LogP contribution in [0.4, 0.5) is 11.4 Å². The van der Waals surface area contributed by atoms with Crippen molar-refractivity contribution in [1.82, 2.24) is 0 Å². The van der Waals surface area contributed by atoms with Crippen LogP contribution in [0, 0.1) is 0 Å². The van der Waals surface area contributed by atoms with Crippen LogP contribution in [0.5, 0.6) is 0 Å². The van der Waals surface area contributed by atoms with Gasteiger partial charge in [-0.2, -0.15) is 0 Å². The first-order valence-electron chi connectivity index (χ1n) is 5.14. The maximum atomic E-state index is 11.2. The largest absolute Gasteiger partial charge is 0.382 e. The molecule has 1 fully saturated rings. The number of fused-ring (bicyclic) bond motifs is 1. The van der Waals surface area contributed by atoms with Crippen LogP contribution in [-0.4, -0.2) is 17.7 Å². The first kappa shape index (κ1) is 9.09. The van der Waals surface area contributed by atoms with Crippen molar-refractivity contribution in [3.8, 4) is 0 Å². The molecule has 1 amide bonds. The zero-order valence-corrected chi connectivity index (χ0v) is 9.06. The third-order valence-corrected chi connectivity index (χ3v) is 3.63. The van der Waals surface area contributed by atoms with E-state index in [-0.39, 0.29) is 5.91 Å². The smallest absolute Gasteiger partial charge is 0.234 e. The zero-order valence-electron chi connectivity index (χ0n) is 8.25. The molecule has 1 aromatic rings. The van der Waals surface area contributed by atoms with Gasteiger partial charge in [0.25, 0.3) is 0 Å². The Hall–Kier alpha value is -1.16. The normalized spacial score (nSPS) is 19.3. The van der Waals surface area contributed by atoms with Gasteiger partial charge in [0.1, 0.15) is 0 Å². The van der Waals surface area contributed by atoms with Gasteiger partial charge in [0.15, 0.2) is 0 Å². The van der Waals surface area contributed by atoms with Crippen LogP contribution in [0.1, 0.15) is 12.8 Å². The van der Waals surface area contributed by atoms with E-state index in [4.69, 9.17) is 0 Å². The molecule has 0 atom stereocenters. The van der Waals surface area contributed by atoms with E-state index >= 15 is 0 Å². The van der Waals surface area contributed by atoms with E-state index in [2.05, 4.69) is 22.8 Å². The fourth-order valence-electron chi connectivity index (χ4n) is 1.64. The molecular formula is C11H12N2OS. The van der Waals surface area contributed by atoms with Crippen molar-refractivity contribution in [2.75, 3.05) is 16.4 Å². The summed E-state index contributed by atoms with van der Waals surface area (Å²) in [6.45, 7) is 0. The molecule has 0 aromatic heterocycles. The van der Waals surface area contributed by atoms with E-state index in [1.165, 1.54) is 12.8 Å². The Morgan fingerprint density at radius 2 is 2.27 bits per heavy atom.